The van der Waals surface area contributed by atoms with E-state index in [4.69, 9.17) is 0 Å². The first-order valence-electron chi connectivity index (χ1n) is 5.27. The summed E-state index contributed by atoms with van der Waals surface area (Å²) >= 11 is 0. The van der Waals surface area contributed by atoms with Crippen LogP contribution in [-0.2, 0) is 7.05 Å². The van der Waals surface area contributed by atoms with Crippen LogP contribution in [0.2, 0.25) is 0 Å². The zero-order valence-corrected chi connectivity index (χ0v) is 9.74. The average molecular weight is 210 g/mol. The van der Waals surface area contributed by atoms with Crippen molar-refractivity contribution in [1.82, 2.24) is 14.8 Å². The maximum atomic E-state index is 11.9. The summed E-state index contributed by atoms with van der Waals surface area (Å²) < 4.78 is 1.50. The molecule has 0 saturated carbocycles. The van der Waals surface area contributed by atoms with Crippen LogP contribution in [0.1, 0.15) is 38.3 Å². The zero-order valence-electron chi connectivity index (χ0n) is 9.74. The van der Waals surface area contributed by atoms with Crippen molar-refractivity contribution in [1.29, 1.82) is 0 Å². The summed E-state index contributed by atoms with van der Waals surface area (Å²) in [6, 6.07) is 0. The first kappa shape index (κ1) is 11.7. The molecule has 0 aliphatic carbocycles. The van der Waals surface area contributed by atoms with E-state index in [1.807, 2.05) is 0 Å². The van der Waals surface area contributed by atoms with Gasteiger partial charge in [-0.15, -0.1) is 10.2 Å². The van der Waals surface area contributed by atoms with Crippen LogP contribution in [0, 0.1) is 0 Å². The van der Waals surface area contributed by atoms with Crippen molar-refractivity contribution in [3.8, 4) is 0 Å². The normalized spacial score (nSPS) is 10.7. The predicted octanol–water partition coefficient (Wildman–Crippen LogP) is 1.12. The number of aromatic nitrogens is 3. The van der Waals surface area contributed by atoms with Crippen molar-refractivity contribution < 1.29 is 0 Å². The van der Waals surface area contributed by atoms with Gasteiger partial charge in [0.25, 0.3) is 5.56 Å². The molecule has 1 aromatic heterocycles. The Morgan fingerprint density at radius 1 is 1.33 bits per heavy atom. The Kier molecular flexibility index (Phi) is 3.82. The molecule has 0 aromatic carbocycles. The second-order valence-electron chi connectivity index (χ2n) is 3.54. The second kappa shape index (κ2) is 4.91. The highest BCUT2D eigenvalue weighted by atomic mass is 16.1. The van der Waals surface area contributed by atoms with Gasteiger partial charge in [-0.25, -0.2) is 0 Å². The molecule has 15 heavy (non-hydrogen) atoms. The van der Waals surface area contributed by atoms with Gasteiger partial charge in [-0.3, -0.25) is 9.36 Å². The molecule has 0 amide bonds. The van der Waals surface area contributed by atoms with E-state index >= 15 is 0 Å². The lowest BCUT2D eigenvalue weighted by Gasteiger charge is -2.12. The molecule has 1 N–H and O–H groups in total. The lowest BCUT2D eigenvalue weighted by Crippen LogP contribution is -2.28. The SMILES string of the molecule is CCC(CC)c1nnc(NC)n(C)c1=O. The average Bonchev–Trinajstić information content (AvgIpc) is 2.26. The first-order valence-corrected chi connectivity index (χ1v) is 5.27. The van der Waals surface area contributed by atoms with Crippen LogP contribution in [0.25, 0.3) is 0 Å². The summed E-state index contributed by atoms with van der Waals surface area (Å²) in [5, 5.41) is 10.8. The molecule has 84 valence electrons. The fourth-order valence-electron chi connectivity index (χ4n) is 1.63. The molecule has 0 saturated heterocycles. The summed E-state index contributed by atoms with van der Waals surface area (Å²) in [4.78, 5) is 11.9. The van der Waals surface area contributed by atoms with Crippen LogP contribution in [0.15, 0.2) is 4.79 Å². The molecule has 1 aromatic rings. The molecule has 0 unspecified atom stereocenters. The Bertz CT molecular complexity index is 381. The van der Waals surface area contributed by atoms with Gasteiger partial charge in [-0.2, -0.15) is 0 Å². The minimum atomic E-state index is -0.0527. The number of hydrogen-bond acceptors (Lipinski definition) is 4. The lowest BCUT2D eigenvalue weighted by atomic mass is 10.00. The summed E-state index contributed by atoms with van der Waals surface area (Å²) in [6.07, 6.45) is 1.83. The number of hydrogen-bond donors (Lipinski definition) is 1. The van der Waals surface area contributed by atoms with E-state index in [0.29, 0.717) is 11.6 Å². The van der Waals surface area contributed by atoms with Gasteiger partial charge in [0.1, 0.15) is 5.69 Å². The number of rotatable bonds is 4. The van der Waals surface area contributed by atoms with E-state index in [1.165, 1.54) is 4.57 Å². The highest BCUT2D eigenvalue weighted by Crippen LogP contribution is 2.17. The molecule has 0 spiro atoms. The summed E-state index contributed by atoms with van der Waals surface area (Å²) in [6.45, 7) is 4.11. The Labute approximate surface area is 89.5 Å². The maximum Gasteiger partial charge on any atom is 0.276 e. The largest absolute Gasteiger partial charge is 0.357 e. The quantitative estimate of drug-likeness (QED) is 0.809. The molecule has 1 rings (SSSR count). The van der Waals surface area contributed by atoms with Crippen molar-refractivity contribution in [2.24, 2.45) is 7.05 Å². The molecular formula is C10H18N4O. The molecule has 0 aliphatic heterocycles. The molecular weight excluding hydrogens is 192 g/mol. The van der Waals surface area contributed by atoms with E-state index in [-0.39, 0.29) is 11.5 Å². The van der Waals surface area contributed by atoms with Gasteiger partial charge in [0.2, 0.25) is 5.95 Å². The van der Waals surface area contributed by atoms with Gasteiger partial charge in [0.05, 0.1) is 0 Å². The van der Waals surface area contributed by atoms with E-state index < -0.39 is 0 Å². The van der Waals surface area contributed by atoms with E-state index in [1.54, 1.807) is 14.1 Å². The van der Waals surface area contributed by atoms with E-state index in [9.17, 15) is 4.79 Å². The van der Waals surface area contributed by atoms with Crippen molar-refractivity contribution >= 4 is 5.95 Å². The molecule has 0 fully saturated rings. The molecule has 5 heteroatoms. The summed E-state index contributed by atoms with van der Waals surface area (Å²) in [5.41, 5.74) is 0.518. The second-order valence-corrected chi connectivity index (χ2v) is 3.54. The summed E-state index contributed by atoms with van der Waals surface area (Å²) in [7, 11) is 3.43. The van der Waals surface area contributed by atoms with Crippen LogP contribution in [0.3, 0.4) is 0 Å². The summed E-state index contributed by atoms with van der Waals surface area (Å²) in [5.74, 6) is 0.705. The Morgan fingerprint density at radius 3 is 2.40 bits per heavy atom. The number of nitrogens with zero attached hydrogens (tertiary/aromatic N) is 3. The van der Waals surface area contributed by atoms with Crippen molar-refractivity contribution in [2.45, 2.75) is 32.6 Å². The third kappa shape index (κ3) is 2.16. The Hall–Kier alpha value is -1.39. The van der Waals surface area contributed by atoms with Crippen LogP contribution >= 0.6 is 0 Å². The van der Waals surface area contributed by atoms with Gasteiger partial charge in [0.15, 0.2) is 0 Å². The standard InChI is InChI=1S/C10H18N4O/c1-5-7(6-2)8-9(15)14(4)10(11-3)13-12-8/h7H,5-6H2,1-4H3,(H,11,13). The van der Waals surface area contributed by atoms with Crippen molar-refractivity contribution in [2.75, 3.05) is 12.4 Å². The van der Waals surface area contributed by atoms with Crippen LogP contribution in [-0.4, -0.2) is 21.8 Å². The fraction of sp³-hybridized carbons (Fsp3) is 0.700. The monoisotopic (exact) mass is 210 g/mol. The highest BCUT2D eigenvalue weighted by molar-refractivity contribution is 5.23. The minimum Gasteiger partial charge on any atom is -0.357 e. The smallest absolute Gasteiger partial charge is 0.276 e. The predicted molar refractivity (Wildman–Crippen MR) is 60.1 cm³/mol. The molecule has 0 bridgehead atoms. The number of anilines is 1. The van der Waals surface area contributed by atoms with Crippen LogP contribution in [0.4, 0.5) is 5.95 Å². The van der Waals surface area contributed by atoms with Gasteiger partial charge in [0, 0.05) is 20.0 Å². The van der Waals surface area contributed by atoms with Gasteiger partial charge < -0.3 is 5.32 Å². The van der Waals surface area contributed by atoms with Gasteiger partial charge in [-0.05, 0) is 12.8 Å². The minimum absolute atomic E-state index is 0.0527. The van der Waals surface area contributed by atoms with Gasteiger partial charge in [-0.1, -0.05) is 13.8 Å². The molecule has 5 nitrogen and oxygen atoms in total. The zero-order chi connectivity index (χ0) is 11.4. The third-order valence-corrected chi connectivity index (χ3v) is 2.69. The van der Waals surface area contributed by atoms with Gasteiger partial charge >= 0.3 is 0 Å². The Balaban J connectivity index is 3.22. The first-order chi connectivity index (χ1) is 7.15. The maximum absolute atomic E-state index is 11.9. The Morgan fingerprint density at radius 2 is 1.93 bits per heavy atom. The van der Waals surface area contributed by atoms with Crippen LogP contribution < -0.4 is 10.9 Å². The van der Waals surface area contributed by atoms with Crippen LogP contribution in [0.5, 0.6) is 0 Å². The fourth-order valence-corrected chi connectivity index (χ4v) is 1.63. The number of nitrogens with one attached hydrogen (secondary N) is 1. The topological polar surface area (TPSA) is 59.8 Å². The molecule has 0 aliphatic rings. The third-order valence-electron chi connectivity index (χ3n) is 2.69. The lowest BCUT2D eigenvalue weighted by molar-refractivity contribution is 0.587. The van der Waals surface area contributed by atoms with E-state index in [0.717, 1.165) is 12.8 Å². The van der Waals surface area contributed by atoms with E-state index in [2.05, 4.69) is 29.4 Å². The molecule has 0 radical (unpaired) electrons. The molecule has 0 atom stereocenters. The van der Waals surface area contributed by atoms with Crippen molar-refractivity contribution in [3.05, 3.63) is 16.0 Å². The molecule has 1 heterocycles. The van der Waals surface area contributed by atoms with Crippen molar-refractivity contribution in [3.63, 3.8) is 0 Å². The highest BCUT2D eigenvalue weighted by Gasteiger charge is 2.15.